The smallest absolute Gasteiger partial charge is 0.338 e. The summed E-state index contributed by atoms with van der Waals surface area (Å²) in [6.45, 7) is 1.56. The lowest BCUT2D eigenvalue weighted by Gasteiger charge is -2.21. The van der Waals surface area contributed by atoms with E-state index in [0.29, 0.717) is 16.9 Å². The van der Waals surface area contributed by atoms with Crippen LogP contribution in [0.2, 0.25) is 0 Å². The number of hydrogen-bond donors (Lipinski definition) is 1. The molecule has 0 unspecified atom stereocenters. The average molecular weight is 376 g/mol. The molecule has 26 heavy (non-hydrogen) atoms. The Kier molecular flexibility index (Phi) is 6.35. The highest BCUT2D eigenvalue weighted by Gasteiger charge is 2.20. The molecule has 0 heterocycles. The van der Waals surface area contributed by atoms with E-state index in [1.807, 2.05) is 0 Å². The van der Waals surface area contributed by atoms with Crippen molar-refractivity contribution in [2.75, 3.05) is 29.0 Å². The number of nitrogens with one attached hydrogen (secondary N) is 1. The minimum atomic E-state index is -3.64. The van der Waals surface area contributed by atoms with Gasteiger partial charge in [0, 0.05) is 5.69 Å². The summed E-state index contributed by atoms with van der Waals surface area (Å²) in [4.78, 5) is 24.1. The van der Waals surface area contributed by atoms with Gasteiger partial charge in [0.2, 0.25) is 15.9 Å². The first-order valence-corrected chi connectivity index (χ1v) is 9.76. The molecule has 138 valence electrons. The van der Waals surface area contributed by atoms with Crippen LogP contribution < -0.4 is 9.62 Å². The second-order valence-electron chi connectivity index (χ2n) is 5.45. The van der Waals surface area contributed by atoms with Gasteiger partial charge in [0.15, 0.2) is 0 Å². The number of nitrogens with zero attached hydrogens (tertiary/aromatic N) is 1. The van der Waals surface area contributed by atoms with Crippen LogP contribution in [0.3, 0.4) is 0 Å². The number of benzene rings is 2. The van der Waals surface area contributed by atoms with Gasteiger partial charge in [0.05, 0.1) is 24.1 Å². The van der Waals surface area contributed by atoms with Crippen molar-refractivity contribution in [3.05, 3.63) is 60.2 Å². The minimum absolute atomic E-state index is 0.246. The first-order chi connectivity index (χ1) is 12.3. The molecule has 0 aromatic heterocycles. The third-order valence-electron chi connectivity index (χ3n) is 3.39. The number of amides is 1. The van der Waals surface area contributed by atoms with Crippen molar-refractivity contribution in [3.63, 3.8) is 0 Å². The van der Waals surface area contributed by atoms with Crippen LogP contribution in [0.25, 0.3) is 0 Å². The van der Waals surface area contributed by atoms with E-state index in [1.54, 1.807) is 55.5 Å². The van der Waals surface area contributed by atoms with Crippen LogP contribution in [0.1, 0.15) is 17.3 Å². The molecule has 0 saturated carbocycles. The second kappa shape index (κ2) is 8.48. The number of hydrogen-bond acceptors (Lipinski definition) is 5. The zero-order valence-corrected chi connectivity index (χ0v) is 15.3. The molecule has 0 saturated heterocycles. The fourth-order valence-corrected chi connectivity index (χ4v) is 3.12. The monoisotopic (exact) mass is 376 g/mol. The summed E-state index contributed by atoms with van der Waals surface area (Å²) < 4.78 is 30.0. The molecule has 8 heteroatoms. The van der Waals surface area contributed by atoms with Gasteiger partial charge in [-0.2, -0.15) is 0 Å². The van der Waals surface area contributed by atoms with Gasteiger partial charge in [-0.1, -0.05) is 24.3 Å². The average Bonchev–Trinajstić information content (AvgIpc) is 2.60. The Bertz CT molecular complexity index is 881. The summed E-state index contributed by atoms with van der Waals surface area (Å²) >= 11 is 0. The molecule has 7 nitrogen and oxygen atoms in total. The number of rotatable bonds is 7. The number of ether oxygens (including phenoxy) is 1. The van der Waals surface area contributed by atoms with Crippen molar-refractivity contribution in [2.24, 2.45) is 0 Å². The van der Waals surface area contributed by atoms with E-state index in [0.717, 1.165) is 10.6 Å². The molecule has 1 amide bonds. The van der Waals surface area contributed by atoms with E-state index in [1.165, 1.54) is 6.07 Å². The van der Waals surface area contributed by atoms with E-state index in [-0.39, 0.29) is 13.2 Å². The number of carbonyl (C=O) groups is 2. The maximum atomic E-state index is 12.3. The minimum Gasteiger partial charge on any atom is -0.462 e. The van der Waals surface area contributed by atoms with Crippen molar-refractivity contribution in [1.82, 2.24) is 0 Å². The van der Waals surface area contributed by atoms with Crippen LogP contribution in [0.15, 0.2) is 54.6 Å². The largest absolute Gasteiger partial charge is 0.462 e. The molecule has 0 aliphatic heterocycles. The normalized spacial score (nSPS) is 10.8. The number of para-hydroxylation sites is 1. The Hall–Kier alpha value is -2.87. The Morgan fingerprint density at radius 1 is 1.08 bits per heavy atom. The molecule has 0 atom stereocenters. The molecule has 2 rings (SSSR count). The number of sulfonamides is 1. The number of carbonyl (C=O) groups excluding carboxylic acids is 2. The lowest BCUT2D eigenvalue weighted by Crippen LogP contribution is -2.37. The van der Waals surface area contributed by atoms with Crippen LogP contribution in [0.5, 0.6) is 0 Å². The van der Waals surface area contributed by atoms with E-state index < -0.39 is 21.9 Å². The van der Waals surface area contributed by atoms with Gasteiger partial charge in [0.1, 0.15) is 6.54 Å². The van der Waals surface area contributed by atoms with Crippen molar-refractivity contribution in [3.8, 4) is 0 Å². The first kappa shape index (κ1) is 19.5. The zero-order chi connectivity index (χ0) is 19.2. The predicted molar refractivity (Wildman–Crippen MR) is 99.7 cm³/mol. The van der Waals surface area contributed by atoms with Crippen LogP contribution in [0.4, 0.5) is 11.4 Å². The quantitative estimate of drug-likeness (QED) is 0.748. The Morgan fingerprint density at radius 2 is 1.77 bits per heavy atom. The fraction of sp³-hybridized carbons (Fsp3) is 0.222. The molecule has 0 aliphatic rings. The lowest BCUT2D eigenvalue weighted by atomic mass is 10.2. The third kappa shape index (κ3) is 5.32. The molecule has 0 aliphatic carbocycles. The molecule has 2 aromatic rings. The topological polar surface area (TPSA) is 92.8 Å². The molecular formula is C18H20N2O5S. The Morgan fingerprint density at radius 3 is 2.38 bits per heavy atom. The van der Waals surface area contributed by atoms with E-state index in [2.05, 4.69) is 5.32 Å². The Balaban J connectivity index is 2.14. The maximum Gasteiger partial charge on any atom is 0.338 e. The standard InChI is InChI=1S/C18H20N2O5S/c1-3-25-18(22)14-8-7-9-15(12-14)19-17(21)13-20(26(2,23)24)16-10-5-4-6-11-16/h4-12H,3,13H2,1-2H3,(H,19,21). The van der Waals surface area contributed by atoms with E-state index in [4.69, 9.17) is 4.74 Å². The van der Waals surface area contributed by atoms with Gasteiger partial charge >= 0.3 is 5.97 Å². The molecular weight excluding hydrogens is 356 g/mol. The highest BCUT2D eigenvalue weighted by molar-refractivity contribution is 7.92. The number of anilines is 2. The van der Waals surface area contributed by atoms with Crippen molar-refractivity contribution in [1.29, 1.82) is 0 Å². The van der Waals surface area contributed by atoms with Crippen molar-refractivity contribution >= 4 is 33.3 Å². The second-order valence-corrected chi connectivity index (χ2v) is 7.36. The van der Waals surface area contributed by atoms with Crippen molar-refractivity contribution in [2.45, 2.75) is 6.92 Å². The van der Waals surface area contributed by atoms with Crippen molar-refractivity contribution < 1.29 is 22.7 Å². The first-order valence-electron chi connectivity index (χ1n) is 7.91. The fourth-order valence-electron chi connectivity index (χ4n) is 2.26. The Labute approximate surface area is 152 Å². The molecule has 0 fully saturated rings. The molecule has 1 N–H and O–H groups in total. The molecule has 0 bridgehead atoms. The van der Waals surface area contributed by atoms with Gasteiger partial charge in [0.25, 0.3) is 0 Å². The number of esters is 1. The highest BCUT2D eigenvalue weighted by Crippen LogP contribution is 2.17. The molecule has 0 spiro atoms. The van der Waals surface area contributed by atoms with Gasteiger partial charge in [-0.3, -0.25) is 9.10 Å². The van der Waals surface area contributed by atoms with Gasteiger partial charge in [-0.15, -0.1) is 0 Å². The van der Waals surface area contributed by atoms with E-state index >= 15 is 0 Å². The summed E-state index contributed by atoms with van der Waals surface area (Å²) in [6, 6.07) is 14.6. The summed E-state index contributed by atoms with van der Waals surface area (Å²) in [6.07, 6.45) is 1.04. The van der Waals surface area contributed by atoms with Crippen LogP contribution >= 0.6 is 0 Å². The van der Waals surface area contributed by atoms with Gasteiger partial charge in [-0.05, 0) is 37.3 Å². The van der Waals surface area contributed by atoms with Gasteiger partial charge in [-0.25, -0.2) is 13.2 Å². The van der Waals surface area contributed by atoms with Gasteiger partial charge < -0.3 is 10.1 Å². The maximum absolute atomic E-state index is 12.3. The predicted octanol–water partition coefficient (Wildman–Crippen LogP) is 2.27. The summed E-state index contributed by atoms with van der Waals surface area (Å²) in [5.74, 6) is -1.02. The SMILES string of the molecule is CCOC(=O)c1cccc(NC(=O)CN(c2ccccc2)S(C)(=O)=O)c1. The molecule has 0 radical (unpaired) electrons. The summed E-state index contributed by atoms with van der Waals surface area (Å²) in [5.41, 5.74) is 1.07. The van der Waals surface area contributed by atoms with Crippen LogP contribution in [-0.4, -0.2) is 39.7 Å². The van der Waals surface area contributed by atoms with Crippen LogP contribution in [0, 0.1) is 0 Å². The lowest BCUT2D eigenvalue weighted by molar-refractivity contribution is -0.114. The summed E-state index contributed by atoms with van der Waals surface area (Å²) in [5, 5.41) is 2.60. The van der Waals surface area contributed by atoms with Crippen LogP contribution in [-0.2, 0) is 19.6 Å². The third-order valence-corrected chi connectivity index (χ3v) is 4.53. The molecule has 2 aromatic carbocycles. The summed E-state index contributed by atoms with van der Waals surface area (Å²) in [7, 11) is -3.64. The highest BCUT2D eigenvalue weighted by atomic mass is 32.2. The zero-order valence-electron chi connectivity index (χ0n) is 14.5. The van der Waals surface area contributed by atoms with E-state index in [9.17, 15) is 18.0 Å².